The van der Waals surface area contributed by atoms with Gasteiger partial charge >= 0.3 is 6.03 Å². The molecule has 1 aromatic rings. The van der Waals surface area contributed by atoms with Gasteiger partial charge in [0.25, 0.3) is 0 Å². The third-order valence-electron chi connectivity index (χ3n) is 3.74. The SMILES string of the molecule is Cc1ccc([C@H](C)NC(=O)NCC(=O)NCC2CC2)cc1F. The normalized spacial score (nSPS) is 15.0. The lowest BCUT2D eigenvalue weighted by Gasteiger charge is -2.15. The van der Waals surface area contributed by atoms with Gasteiger partial charge in [0.15, 0.2) is 0 Å². The van der Waals surface area contributed by atoms with Crippen molar-refractivity contribution < 1.29 is 14.0 Å². The third kappa shape index (κ3) is 5.02. The molecule has 0 aromatic heterocycles. The first-order valence-corrected chi connectivity index (χ1v) is 7.53. The molecule has 120 valence electrons. The number of carbonyl (C=O) groups is 2. The number of amides is 3. The Morgan fingerprint density at radius 1 is 1.32 bits per heavy atom. The summed E-state index contributed by atoms with van der Waals surface area (Å²) in [5, 5.41) is 7.94. The van der Waals surface area contributed by atoms with Crippen molar-refractivity contribution in [3.63, 3.8) is 0 Å². The number of rotatable bonds is 6. The Balaban J connectivity index is 1.72. The number of carbonyl (C=O) groups excluding carboxylic acids is 2. The molecular weight excluding hydrogens is 285 g/mol. The lowest BCUT2D eigenvalue weighted by atomic mass is 10.1. The molecule has 0 aliphatic heterocycles. The molecule has 0 bridgehead atoms. The van der Waals surface area contributed by atoms with Gasteiger partial charge in [0, 0.05) is 6.54 Å². The number of nitrogens with one attached hydrogen (secondary N) is 3. The molecule has 1 aliphatic rings. The van der Waals surface area contributed by atoms with E-state index in [2.05, 4.69) is 16.0 Å². The van der Waals surface area contributed by atoms with Gasteiger partial charge in [-0.05, 0) is 49.8 Å². The number of aryl methyl sites for hydroxylation is 1. The molecular formula is C16H22FN3O2. The second-order valence-corrected chi connectivity index (χ2v) is 5.80. The summed E-state index contributed by atoms with van der Waals surface area (Å²) in [5.41, 5.74) is 1.24. The van der Waals surface area contributed by atoms with Crippen LogP contribution in [-0.4, -0.2) is 25.0 Å². The quantitative estimate of drug-likeness (QED) is 0.752. The van der Waals surface area contributed by atoms with E-state index in [0.29, 0.717) is 23.6 Å². The van der Waals surface area contributed by atoms with E-state index >= 15 is 0 Å². The minimum atomic E-state index is -0.449. The van der Waals surface area contributed by atoms with E-state index in [1.54, 1.807) is 26.0 Å². The average molecular weight is 307 g/mol. The summed E-state index contributed by atoms with van der Waals surface area (Å²) in [4.78, 5) is 23.3. The predicted molar refractivity (Wildman–Crippen MR) is 81.8 cm³/mol. The van der Waals surface area contributed by atoms with Crippen molar-refractivity contribution in [2.75, 3.05) is 13.1 Å². The smallest absolute Gasteiger partial charge is 0.315 e. The van der Waals surface area contributed by atoms with Crippen LogP contribution < -0.4 is 16.0 Å². The van der Waals surface area contributed by atoms with E-state index in [4.69, 9.17) is 0 Å². The summed E-state index contributed by atoms with van der Waals surface area (Å²) in [5.74, 6) is 0.108. The van der Waals surface area contributed by atoms with Crippen molar-refractivity contribution in [3.05, 3.63) is 35.1 Å². The van der Waals surface area contributed by atoms with Crippen LogP contribution >= 0.6 is 0 Å². The lowest BCUT2D eigenvalue weighted by Crippen LogP contribution is -2.43. The van der Waals surface area contributed by atoms with Crippen LogP contribution in [0.1, 0.15) is 36.9 Å². The average Bonchev–Trinajstić information content (AvgIpc) is 3.30. The van der Waals surface area contributed by atoms with Gasteiger partial charge in [0.2, 0.25) is 5.91 Å². The van der Waals surface area contributed by atoms with Gasteiger partial charge in [0.1, 0.15) is 5.82 Å². The topological polar surface area (TPSA) is 70.2 Å². The number of halogens is 1. The van der Waals surface area contributed by atoms with Gasteiger partial charge in [-0.3, -0.25) is 4.79 Å². The zero-order valence-corrected chi connectivity index (χ0v) is 12.9. The van der Waals surface area contributed by atoms with Crippen LogP contribution in [0.4, 0.5) is 9.18 Å². The second-order valence-electron chi connectivity index (χ2n) is 5.80. The van der Waals surface area contributed by atoms with E-state index in [9.17, 15) is 14.0 Å². The molecule has 6 heteroatoms. The number of urea groups is 1. The standard InChI is InChI=1S/C16H22FN3O2/c1-10-3-6-13(7-14(10)17)11(2)20-16(22)19-9-15(21)18-8-12-4-5-12/h3,6-7,11-12H,4-5,8-9H2,1-2H3,(H,18,21)(H2,19,20,22)/t11-/m0/s1. The maximum atomic E-state index is 13.5. The van der Waals surface area contributed by atoms with Crippen LogP contribution in [0, 0.1) is 18.7 Å². The lowest BCUT2D eigenvalue weighted by molar-refractivity contribution is -0.120. The molecule has 1 saturated carbocycles. The highest BCUT2D eigenvalue weighted by atomic mass is 19.1. The molecule has 0 heterocycles. The maximum Gasteiger partial charge on any atom is 0.315 e. The van der Waals surface area contributed by atoms with Crippen molar-refractivity contribution in [1.29, 1.82) is 0 Å². The summed E-state index contributed by atoms with van der Waals surface area (Å²) in [6.07, 6.45) is 2.33. The molecule has 22 heavy (non-hydrogen) atoms. The number of benzene rings is 1. The van der Waals surface area contributed by atoms with Crippen molar-refractivity contribution in [2.24, 2.45) is 5.92 Å². The van der Waals surface area contributed by atoms with Gasteiger partial charge in [-0.2, -0.15) is 0 Å². The number of hydrogen-bond donors (Lipinski definition) is 3. The largest absolute Gasteiger partial charge is 0.354 e. The molecule has 0 unspecified atom stereocenters. The third-order valence-corrected chi connectivity index (χ3v) is 3.74. The fourth-order valence-electron chi connectivity index (χ4n) is 2.01. The zero-order valence-electron chi connectivity index (χ0n) is 12.9. The fourth-order valence-corrected chi connectivity index (χ4v) is 2.01. The highest BCUT2D eigenvalue weighted by Gasteiger charge is 2.21. The van der Waals surface area contributed by atoms with Gasteiger partial charge in [0.05, 0.1) is 12.6 Å². The Labute approximate surface area is 129 Å². The Hall–Kier alpha value is -2.11. The van der Waals surface area contributed by atoms with Crippen LogP contribution in [0.25, 0.3) is 0 Å². The predicted octanol–water partition coefficient (Wildman–Crippen LogP) is 2.02. The molecule has 5 nitrogen and oxygen atoms in total. The summed E-state index contributed by atoms with van der Waals surface area (Å²) in [7, 11) is 0. The Morgan fingerprint density at radius 3 is 2.68 bits per heavy atom. The van der Waals surface area contributed by atoms with Crippen molar-refractivity contribution >= 4 is 11.9 Å². The summed E-state index contributed by atoms with van der Waals surface area (Å²) >= 11 is 0. The monoisotopic (exact) mass is 307 g/mol. The first-order valence-electron chi connectivity index (χ1n) is 7.53. The van der Waals surface area contributed by atoms with E-state index in [1.165, 1.54) is 18.9 Å². The first kappa shape index (κ1) is 16.3. The van der Waals surface area contributed by atoms with Gasteiger partial charge in [-0.1, -0.05) is 12.1 Å². The van der Waals surface area contributed by atoms with E-state index in [0.717, 1.165) is 0 Å². The highest BCUT2D eigenvalue weighted by molar-refractivity contribution is 5.84. The summed E-state index contributed by atoms with van der Waals surface area (Å²) in [6.45, 7) is 4.07. The van der Waals surface area contributed by atoms with Gasteiger partial charge < -0.3 is 16.0 Å². The minimum absolute atomic E-state index is 0.0620. The van der Waals surface area contributed by atoms with Crippen molar-refractivity contribution in [2.45, 2.75) is 32.7 Å². The van der Waals surface area contributed by atoms with E-state index in [-0.39, 0.29) is 24.3 Å². The fraction of sp³-hybridized carbons (Fsp3) is 0.500. The molecule has 1 aromatic carbocycles. The maximum absolute atomic E-state index is 13.5. The first-order chi connectivity index (χ1) is 10.5. The van der Waals surface area contributed by atoms with Crippen molar-refractivity contribution in [3.8, 4) is 0 Å². The van der Waals surface area contributed by atoms with Crippen molar-refractivity contribution in [1.82, 2.24) is 16.0 Å². The zero-order chi connectivity index (χ0) is 16.1. The minimum Gasteiger partial charge on any atom is -0.354 e. The van der Waals surface area contributed by atoms with Crippen LogP contribution in [0.3, 0.4) is 0 Å². The van der Waals surface area contributed by atoms with Crippen LogP contribution in [0.2, 0.25) is 0 Å². The Kier molecular flexibility index (Phi) is 5.35. The Bertz CT molecular complexity index is 558. The molecule has 1 fully saturated rings. The molecule has 3 amide bonds. The molecule has 1 aliphatic carbocycles. The molecule has 0 saturated heterocycles. The molecule has 3 N–H and O–H groups in total. The molecule has 1 atom stereocenters. The Morgan fingerprint density at radius 2 is 2.05 bits per heavy atom. The van der Waals surface area contributed by atoms with E-state index < -0.39 is 6.03 Å². The molecule has 0 spiro atoms. The van der Waals surface area contributed by atoms with Crippen LogP contribution in [0.15, 0.2) is 18.2 Å². The van der Waals surface area contributed by atoms with E-state index in [1.807, 2.05) is 0 Å². The highest BCUT2D eigenvalue weighted by Crippen LogP contribution is 2.27. The molecule has 0 radical (unpaired) electrons. The molecule has 2 rings (SSSR count). The van der Waals surface area contributed by atoms with Crippen LogP contribution in [-0.2, 0) is 4.79 Å². The van der Waals surface area contributed by atoms with Gasteiger partial charge in [-0.15, -0.1) is 0 Å². The number of hydrogen-bond acceptors (Lipinski definition) is 2. The summed E-state index contributed by atoms with van der Waals surface area (Å²) < 4.78 is 13.5. The van der Waals surface area contributed by atoms with Gasteiger partial charge in [-0.25, -0.2) is 9.18 Å². The second kappa shape index (κ2) is 7.24. The van der Waals surface area contributed by atoms with Crippen LogP contribution in [0.5, 0.6) is 0 Å². The summed E-state index contributed by atoms with van der Waals surface area (Å²) in [6, 6.07) is 4.06.